The van der Waals surface area contributed by atoms with Crippen LogP contribution in [0.25, 0.3) is 0 Å². The Hall–Kier alpha value is -2.21. The van der Waals surface area contributed by atoms with E-state index in [4.69, 9.17) is 4.74 Å². The summed E-state index contributed by atoms with van der Waals surface area (Å²) >= 11 is 0. The lowest BCUT2D eigenvalue weighted by Crippen LogP contribution is -2.19. The number of hydrogen-bond donors (Lipinski definition) is 1. The van der Waals surface area contributed by atoms with Gasteiger partial charge in [0.1, 0.15) is 24.1 Å². The minimum Gasteiger partial charge on any atom is -0.377 e. The van der Waals surface area contributed by atoms with Crippen molar-refractivity contribution in [2.75, 3.05) is 30.9 Å². The van der Waals surface area contributed by atoms with Crippen molar-refractivity contribution in [3.05, 3.63) is 42.0 Å². The highest BCUT2D eigenvalue weighted by Gasteiger charge is 2.12. The summed E-state index contributed by atoms with van der Waals surface area (Å²) in [7, 11) is 3.41. The van der Waals surface area contributed by atoms with Crippen LogP contribution in [0.1, 0.15) is 12.7 Å². The molecular formula is C15H19FN4O. The van der Waals surface area contributed by atoms with Crippen molar-refractivity contribution in [1.82, 2.24) is 9.97 Å². The maximum atomic E-state index is 13.1. The van der Waals surface area contributed by atoms with Gasteiger partial charge in [0, 0.05) is 32.5 Å². The van der Waals surface area contributed by atoms with Crippen LogP contribution in [0, 0.1) is 5.82 Å². The first kappa shape index (κ1) is 15.2. The molecule has 0 saturated heterocycles. The summed E-state index contributed by atoms with van der Waals surface area (Å²) in [5, 5.41) is 3.01. The lowest BCUT2D eigenvalue weighted by molar-refractivity contribution is 0.178. The standard InChI is InChI=1S/C15H19FN4O/c1-4-20(12-7-5-11(16)6-8-12)15-9-13(17-2)18-14(19-15)10-21-3/h5-9H,4,10H2,1-3H3,(H,17,18,19). The molecule has 0 amide bonds. The van der Waals surface area contributed by atoms with Gasteiger partial charge in [0.05, 0.1) is 0 Å². The summed E-state index contributed by atoms with van der Waals surface area (Å²) in [6, 6.07) is 8.19. The fraction of sp³-hybridized carbons (Fsp3) is 0.333. The highest BCUT2D eigenvalue weighted by Crippen LogP contribution is 2.25. The summed E-state index contributed by atoms with van der Waals surface area (Å²) in [5.74, 6) is 1.80. The number of nitrogens with zero attached hydrogens (tertiary/aromatic N) is 3. The van der Waals surface area contributed by atoms with E-state index < -0.39 is 0 Å². The molecule has 0 aliphatic heterocycles. The molecule has 112 valence electrons. The Balaban J connectivity index is 2.40. The third-order valence-electron chi connectivity index (χ3n) is 3.02. The molecule has 0 spiro atoms. The lowest BCUT2D eigenvalue weighted by atomic mass is 10.2. The van der Waals surface area contributed by atoms with E-state index in [1.165, 1.54) is 12.1 Å². The first-order chi connectivity index (χ1) is 10.2. The Morgan fingerprint density at radius 1 is 1.24 bits per heavy atom. The summed E-state index contributed by atoms with van der Waals surface area (Å²) < 4.78 is 18.2. The molecule has 0 fully saturated rings. The quantitative estimate of drug-likeness (QED) is 0.886. The van der Waals surface area contributed by atoms with Crippen LogP contribution < -0.4 is 10.2 Å². The Kier molecular flexibility index (Phi) is 5.05. The van der Waals surface area contributed by atoms with E-state index in [2.05, 4.69) is 15.3 Å². The van der Waals surface area contributed by atoms with Gasteiger partial charge >= 0.3 is 0 Å². The van der Waals surface area contributed by atoms with Crippen LogP contribution in [-0.2, 0) is 11.3 Å². The SMILES string of the molecule is CCN(c1ccc(F)cc1)c1cc(NC)nc(COC)n1. The fourth-order valence-corrected chi connectivity index (χ4v) is 2.04. The molecule has 0 atom stereocenters. The van der Waals surface area contributed by atoms with Crippen molar-refractivity contribution in [3.8, 4) is 0 Å². The third-order valence-corrected chi connectivity index (χ3v) is 3.02. The number of nitrogens with one attached hydrogen (secondary N) is 1. The molecule has 6 heteroatoms. The lowest BCUT2D eigenvalue weighted by Gasteiger charge is -2.23. The minimum atomic E-state index is -0.256. The number of rotatable bonds is 6. The predicted molar refractivity (Wildman–Crippen MR) is 81.4 cm³/mol. The second-order valence-corrected chi connectivity index (χ2v) is 4.43. The van der Waals surface area contributed by atoms with Gasteiger partial charge in [-0.25, -0.2) is 14.4 Å². The van der Waals surface area contributed by atoms with Crippen LogP contribution in [-0.4, -0.2) is 30.7 Å². The number of halogens is 1. The van der Waals surface area contributed by atoms with Gasteiger partial charge < -0.3 is 15.0 Å². The van der Waals surface area contributed by atoms with Gasteiger partial charge in [-0.2, -0.15) is 0 Å². The maximum absolute atomic E-state index is 13.1. The van der Waals surface area contributed by atoms with Crippen molar-refractivity contribution < 1.29 is 9.13 Å². The van der Waals surface area contributed by atoms with E-state index in [9.17, 15) is 4.39 Å². The molecular weight excluding hydrogens is 271 g/mol. The monoisotopic (exact) mass is 290 g/mol. The topological polar surface area (TPSA) is 50.3 Å². The number of hydrogen-bond acceptors (Lipinski definition) is 5. The van der Waals surface area contributed by atoms with Crippen LogP contribution in [0.4, 0.5) is 21.7 Å². The van der Waals surface area contributed by atoms with Gasteiger partial charge in [-0.15, -0.1) is 0 Å². The molecule has 0 bridgehead atoms. The normalized spacial score (nSPS) is 10.5. The molecule has 5 nitrogen and oxygen atoms in total. The highest BCUT2D eigenvalue weighted by molar-refractivity contribution is 5.62. The molecule has 1 aromatic carbocycles. The van der Waals surface area contributed by atoms with Crippen molar-refractivity contribution in [2.24, 2.45) is 0 Å². The van der Waals surface area contributed by atoms with Crippen LogP contribution >= 0.6 is 0 Å². The molecule has 0 unspecified atom stereocenters. The molecule has 2 rings (SSSR count). The van der Waals surface area contributed by atoms with E-state index in [0.29, 0.717) is 24.8 Å². The Morgan fingerprint density at radius 2 is 1.95 bits per heavy atom. The third kappa shape index (κ3) is 3.66. The molecule has 0 radical (unpaired) electrons. The van der Waals surface area contributed by atoms with Crippen LogP contribution in [0.15, 0.2) is 30.3 Å². The number of ether oxygens (including phenoxy) is 1. The second kappa shape index (κ2) is 6.99. The van der Waals surface area contributed by atoms with Gasteiger partial charge in [-0.3, -0.25) is 0 Å². The first-order valence-electron chi connectivity index (χ1n) is 6.75. The highest BCUT2D eigenvalue weighted by atomic mass is 19.1. The largest absolute Gasteiger partial charge is 0.377 e. The van der Waals surface area contributed by atoms with Crippen LogP contribution in [0.5, 0.6) is 0 Å². The zero-order valence-corrected chi connectivity index (χ0v) is 12.4. The van der Waals surface area contributed by atoms with Crippen molar-refractivity contribution in [2.45, 2.75) is 13.5 Å². The van der Waals surface area contributed by atoms with E-state index in [0.717, 1.165) is 11.5 Å². The summed E-state index contributed by atoms with van der Waals surface area (Å²) in [6.07, 6.45) is 0. The molecule has 2 aromatic rings. The van der Waals surface area contributed by atoms with Gasteiger partial charge in [-0.1, -0.05) is 0 Å². The van der Waals surface area contributed by atoms with Gasteiger partial charge in [0.15, 0.2) is 5.82 Å². The second-order valence-electron chi connectivity index (χ2n) is 4.43. The van der Waals surface area contributed by atoms with Gasteiger partial charge in [-0.05, 0) is 31.2 Å². The smallest absolute Gasteiger partial charge is 0.158 e. The summed E-state index contributed by atoms with van der Waals surface area (Å²) in [6.45, 7) is 3.06. The zero-order chi connectivity index (χ0) is 15.2. The Morgan fingerprint density at radius 3 is 2.52 bits per heavy atom. The Bertz CT molecular complexity index is 589. The van der Waals surface area contributed by atoms with Crippen LogP contribution in [0.2, 0.25) is 0 Å². The number of anilines is 3. The number of methoxy groups -OCH3 is 1. The molecule has 0 saturated carbocycles. The minimum absolute atomic E-state index is 0.256. The number of aromatic nitrogens is 2. The van der Waals surface area contributed by atoms with E-state index in [1.807, 2.05) is 17.9 Å². The predicted octanol–water partition coefficient (Wildman–Crippen LogP) is 2.96. The van der Waals surface area contributed by atoms with Gasteiger partial charge in [0.25, 0.3) is 0 Å². The fourth-order valence-electron chi connectivity index (χ4n) is 2.04. The van der Waals surface area contributed by atoms with Gasteiger partial charge in [0.2, 0.25) is 0 Å². The summed E-state index contributed by atoms with van der Waals surface area (Å²) in [4.78, 5) is 10.8. The van der Waals surface area contributed by atoms with E-state index >= 15 is 0 Å². The van der Waals surface area contributed by atoms with E-state index in [-0.39, 0.29) is 5.82 Å². The maximum Gasteiger partial charge on any atom is 0.158 e. The molecule has 0 aliphatic carbocycles. The molecule has 1 heterocycles. The molecule has 1 N–H and O–H groups in total. The van der Waals surface area contributed by atoms with Crippen molar-refractivity contribution in [3.63, 3.8) is 0 Å². The molecule has 0 aliphatic rings. The number of benzene rings is 1. The summed E-state index contributed by atoms with van der Waals surface area (Å²) in [5.41, 5.74) is 0.878. The molecule has 1 aromatic heterocycles. The van der Waals surface area contributed by atoms with Crippen molar-refractivity contribution >= 4 is 17.3 Å². The van der Waals surface area contributed by atoms with Crippen LogP contribution in [0.3, 0.4) is 0 Å². The van der Waals surface area contributed by atoms with Crippen molar-refractivity contribution in [1.29, 1.82) is 0 Å². The average Bonchev–Trinajstić information content (AvgIpc) is 2.50. The van der Waals surface area contributed by atoms with E-state index in [1.54, 1.807) is 26.3 Å². The zero-order valence-electron chi connectivity index (χ0n) is 12.4. The Labute approximate surface area is 123 Å². The first-order valence-corrected chi connectivity index (χ1v) is 6.75. The molecule has 21 heavy (non-hydrogen) atoms. The average molecular weight is 290 g/mol.